The van der Waals surface area contributed by atoms with Crippen LogP contribution in [0.15, 0.2) is 54.6 Å². The molecule has 5 nitrogen and oxygen atoms in total. The van der Waals surface area contributed by atoms with Gasteiger partial charge in [-0.3, -0.25) is 20.4 Å². The number of hydrogen-bond acceptors (Lipinski definition) is 3. The summed E-state index contributed by atoms with van der Waals surface area (Å²) in [5, 5.41) is 0. The molecule has 2 rings (SSSR count). The van der Waals surface area contributed by atoms with Crippen LogP contribution >= 0.6 is 0 Å². The van der Waals surface area contributed by atoms with Gasteiger partial charge in [0.2, 0.25) is 5.91 Å². The number of amides is 2. The average molecular weight is 302 g/mol. The maximum absolute atomic E-state index is 12.7. The topological polar surface area (TPSA) is 67.4 Å². The molecule has 2 amide bonds. The van der Waals surface area contributed by atoms with E-state index in [-0.39, 0.29) is 24.8 Å². The highest BCUT2D eigenvalue weighted by molar-refractivity contribution is 5.95. The van der Waals surface area contributed by atoms with Crippen molar-refractivity contribution in [3.63, 3.8) is 0 Å². The van der Waals surface area contributed by atoms with Gasteiger partial charge in [0.05, 0.1) is 13.0 Å². The van der Waals surface area contributed by atoms with Gasteiger partial charge in [0.25, 0.3) is 5.91 Å². The Labute approximate surface area is 127 Å². The summed E-state index contributed by atoms with van der Waals surface area (Å²) in [6, 6.07) is 14.0. The Morgan fingerprint density at radius 2 is 1.64 bits per heavy atom. The molecule has 0 saturated heterocycles. The second-order valence-electron chi connectivity index (χ2n) is 4.42. The Morgan fingerprint density at radius 3 is 2.32 bits per heavy atom. The summed E-state index contributed by atoms with van der Waals surface area (Å²) in [4.78, 5) is 23.2. The average Bonchev–Trinajstić information content (AvgIpc) is 2.55. The van der Waals surface area contributed by atoms with Crippen molar-refractivity contribution in [1.29, 1.82) is 0 Å². The van der Waals surface area contributed by atoms with Gasteiger partial charge in [-0.05, 0) is 36.4 Å². The Bertz CT molecular complexity index is 630. The van der Waals surface area contributed by atoms with Crippen LogP contribution in [0.25, 0.3) is 0 Å². The fourth-order valence-corrected chi connectivity index (χ4v) is 1.64. The molecule has 6 heteroatoms. The summed E-state index contributed by atoms with van der Waals surface area (Å²) in [7, 11) is 0. The van der Waals surface area contributed by atoms with Crippen molar-refractivity contribution in [3.05, 3.63) is 66.0 Å². The molecule has 0 bridgehead atoms. The fourth-order valence-electron chi connectivity index (χ4n) is 1.64. The van der Waals surface area contributed by atoms with E-state index in [2.05, 4.69) is 10.9 Å². The fraction of sp³-hybridized carbons (Fsp3) is 0.125. The van der Waals surface area contributed by atoms with Gasteiger partial charge in [-0.2, -0.15) is 0 Å². The van der Waals surface area contributed by atoms with Crippen molar-refractivity contribution in [2.24, 2.45) is 0 Å². The van der Waals surface area contributed by atoms with Crippen molar-refractivity contribution in [3.8, 4) is 5.75 Å². The minimum absolute atomic E-state index is 0.0620. The van der Waals surface area contributed by atoms with E-state index in [1.807, 2.05) is 0 Å². The van der Waals surface area contributed by atoms with Crippen LogP contribution in [0, 0.1) is 5.82 Å². The number of carbonyl (C=O) groups is 2. The van der Waals surface area contributed by atoms with Crippen LogP contribution < -0.4 is 15.6 Å². The van der Waals surface area contributed by atoms with Crippen LogP contribution in [0.1, 0.15) is 16.8 Å². The lowest BCUT2D eigenvalue weighted by Crippen LogP contribution is -2.42. The summed E-state index contributed by atoms with van der Waals surface area (Å²) in [5.74, 6) is -0.656. The largest absolute Gasteiger partial charge is 0.493 e. The molecule has 0 aliphatic carbocycles. The molecule has 0 aliphatic rings. The molecule has 0 aromatic heterocycles. The summed E-state index contributed by atoms with van der Waals surface area (Å²) < 4.78 is 18.0. The molecule has 0 spiro atoms. The van der Waals surface area contributed by atoms with Crippen LogP contribution in [0.5, 0.6) is 5.75 Å². The summed E-state index contributed by atoms with van der Waals surface area (Å²) in [6.45, 7) is 0.124. The zero-order valence-corrected chi connectivity index (χ0v) is 11.7. The Hall–Kier alpha value is -2.89. The molecule has 0 atom stereocenters. The molecule has 0 heterocycles. The second kappa shape index (κ2) is 7.78. The quantitative estimate of drug-likeness (QED) is 0.831. The number of halogens is 1. The SMILES string of the molecule is O=C(CCOc1ccc(F)cc1)NNC(=O)c1ccccc1. The lowest BCUT2D eigenvalue weighted by Gasteiger charge is -2.08. The monoisotopic (exact) mass is 302 g/mol. The highest BCUT2D eigenvalue weighted by atomic mass is 19.1. The van der Waals surface area contributed by atoms with Crippen LogP contribution in [0.3, 0.4) is 0 Å². The molecule has 0 aliphatic heterocycles. The number of ether oxygens (including phenoxy) is 1. The zero-order chi connectivity index (χ0) is 15.8. The second-order valence-corrected chi connectivity index (χ2v) is 4.42. The van der Waals surface area contributed by atoms with Crippen LogP contribution in [0.4, 0.5) is 4.39 Å². The van der Waals surface area contributed by atoms with Crippen LogP contribution in [-0.4, -0.2) is 18.4 Å². The van der Waals surface area contributed by atoms with Gasteiger partial charge in [0, 0.05) is 5.56 Å². The molecule has 114 valence electrons. The molecule has 0 saturated carbocycles. The van der Waals surface area contributed by atoms with E-state index < -0.39 is 5.91 Å². The van der Waals surface area contributed by atoms with Gasteiger partial charge in [-0.25, -0.2) is 4.39 Å². The normalized spacial score (nSPS) is 9.86. The molecular weight excluding hydrogens is 287 g/mol. The summed E-state index contributed by atoms with van der Waals surface area (Å²) >= 11 is 0. The third-order valence-electron chi connectivity index (χ3n) is 2.76. The predicted octanol–water partition coefficient (Wildman–Crippen LogP) is 2.06. The van der Waals surface area contributed by atoms with E-state index >= 15 is 0 Å². The van der Waals surface area contributed by atoms with Gasteiger partial charge < -0.3 is 4.74 Å². The first-order chi connectivity index (χ1) is 10.6. The van der Waals surface area contributed by atoms with E-state index in [1.54, 1.807) is 30.3 Å². The van der Waals surface area contributed by atoms with Gasteiger partial charge in [-0.1, -0.05) is 18.2 Å². The van der Waals surface area contributed by atoms with E-state index in [0.717, 1.165) is 0 Å². The molecule has 22 heavy (non-hydrogen) atoms. The summed E-state index contributed by atoms with van der Waals surface area (Å²) in [6.07, 6.45) is 0.0620. The molecular formula is C16H15FN2O3. The molecule has 0 unspecified atom stereocenters. The third-order valence-corrected chi connectivity index (χ3v) is 2.76. The Morgan fingerprint density at radius 1 is 0.955 bits per heavy atom. The van der Waals surface area contributed by atoms with Crippen LogP contribution in [0.2, 0.25) is 0 Å². The third kappa shape index (κ3) is 4.90. The first-order valence-corrected chi connectivity index (χ1v) is 6.68. The van der Waals surface area contributed by atoms with E-state index in [4.69, 9.17) is 4.74 Å². The first kappa shape index (κ1) is 15.5. The Kier molecular flexibility index (Phi) is 5.48. The molecule has 0 fully saturated rings. The standard InChI is InChI=1S/C16H15FN2O3/c17-13-6-8-14(9-7-13)22-11-10-15(20)18-19-16(21)12-4-2-1-3-5-12/h1-9H,10-11H2,(H,18,20)(H,19,21). The van der Waals surface area contributed by atoms with Crippen molar-refractivity contribution < 1.29 is 18.7 Å². The smallest absolute Gasteiger partial charge is 0.269 e. The van der Waals surface area contributed by atoms with Gasteiger partial charge >= 0.3 is 0 Å². The number of nitrogens with one attached hydrogen (secondary N) is 2. The van der Waals surface area contributed by atoms with Gasteiger partial charge in [0.1, 0.15) is 11.6 Å². The Balaban J connectivity index is 1.68. The van der Waals surface area contributed by atoms with Crippen LogP contribution in [-0.2, 0) is 4.79 Å². The molecule has 0 radical (unpaired) electrons. The minimum atomic E-state index is -0.395. The highest BCUT2D eigenvalue weighted by Crippen LogP contribution is 2.10. The molecule has 2 aromatic carbocycles. The van der Waals surface area contributed by atoms with Crippen molar-refractivity contribution in [2.75, 3.05) is 6.61 Å². The lowest BCUT2D eigenvalue weighted by molar-refractivity contribution is -0.122. The number of rotatable bonds is 5. The molecule has 2 aromatic rings. The lowest BCUT2D eigenvalue weighted by atomic mass is 10.2. The van der Waals surface area contributed by atoms with E-state index in [9.17, 15) is 14.0 Å². The maximum atomic E-state index is 12.7. The minimum Gasteiger partial charge on any atom is -0.493 e. The first-order valence-electron chi connectivity index (χ1n) is 6.68. The highest BCUT2D eigenvalue weighted by Gasteiger charge is 2.06. The van der Waals surface area contributed by atoms with Crippen molar-refractivity contribution >= 4 is 11.8 Å². The van der Waals surface area contributed by atoms with E-state index in [1.165, 1.54) is 24.3 Å². The van der Waals surface area contributed by atoms with Crippen molar-refractivity contribution in [2.45, 2.75) is 6.42 Å². The number of carbonyl (C=O) groups excluding carboxylic acids is 2. The predicted molar refractivity (Wildman–Crippen MR) is 78.6 cm³/mol. The number of benzene rings is 2. The number of hydrogen-bond donors (Lipinski definition) is 2. The van der Waals surface area contributed by atoms with E-state index in [0.29, 0.717) is 11.3 Å². The van der Waals surface area contributed by atoms with Gasteiger partial charge in [0.15, 0.2) is 0 Å². The maximum Gasteiger partial charge on any atom is 0.269 e. The zero-order valence-electron chi connectivity index (χ0n) is 11.7. The summed E-state index contributed by atoms with van der Waals surface area (Å²) in [5.41, 5.74) is 5.06. The molecule has 2 N–H and O–H groups in total. The van der Waals surface area contributed by atoms with Crippen molar-refractivity contribution in [1.82, 2.24) is 10.9 Å². The number of hydrazine groups is 1. The van der Waals surface area contributed by atoms with Gasteiger partial charge in [-0.15, -0.1) is 0 Å².